The van der Waals surface area contributed by atoms with Crippen LogP contribution in [-0.4, -0.2) is 10.1 Å². The Bertz CT molecular complexity index is 794. The molecule has 0 atom stereocenters. The zero-order valence-electron chi connectivity index (χ0n) is 12.9. The fourth-order valence-electron chi connectivity index (χ4n) is 2.89. The summed E-state index contributed by atoms with van der Waals surface area (Å²) < 4.78 is 0. The summed E-state index contributed by atoms with van der Waals surface area (Å²) in [5, 5.41) is 9.70. The number of rotatable bonds is 3. The Morgan fingerprint density at radius 1 is 0.909 bits per heavy atom. The molecule has 0 saturated heterocycles. The largest absolute Gasteiger partial charge is 0.390 e. The van der Waals surface area contributed by atoms with Gasteiger partial charge in [0, 0.05) is 11.8 Å². The SMILES string of the molecule is Cc1ccc(-c2ccnc(CO)c2-c2ccccc2)c(C)c1. The Morgan fingerprint density at radius 3 is 2.36 bits per heavy atom. The predicted octanol–water partition coefficient (Wildman–Crippen LogP) is 4.52. The lowest BCUT2D eigenvalue weighted by Gasteiger charge is -2.15. The highest BCUT2D eigenvalue weighted by Gasteiger charge is 2.14. The maximum Gasteiger partial charge on any atom is 0.0859 e. The number of aliphatic hydroxyl groups is 1. The summed E-state index contributed by atoms with van der Waals surface area (Å²) in [5.74, 6) is 0. The van der Waals surface area contributed by atoms with Gasteiger partial charge in [-0.1, -0.05) is 54.1 Å². The van der Waals surface area contributed by atoms with Crippen LogP contribution in [0.25, 0.3) is 22.3 Å². The van der Waals surface area contributed by atoms with Crippen molar-refractivity contribution in [3.63, 3.8) is 0 Å². The molecule has 3 aromatic rings. The summed E-state index contributed by atoms with van der Waals surface area (Å²) in [6, 6.07) is 18.6. The maximum absolute atomic E-state index is 9.70. The van der Waals surface area contributed by atoms with E-state index in [1.807, 2.05) is 24.3 Å². The molecule has 22 heavy (non-hydrogen) atoms. The van der Waals surface area contributed by atoms with Crippen LogP contribution in [0.3, 0.4) is 0 Å². The number of hydrogen-bond donors (Lipinski definition) is 1. The Balaban J connectivity index is 2.28. The minimum atomic E-state index is -0.0665. The van der Waals surface area contributed by atoms with Crippen LogP contribution < -0.4 is 0 Å². The highest BCUT2D eigenvalue weighted by atomic mass is 16.3. The van der Waals surface area contributed by atoms with Gasteiger partial charge in [0.2, 0.25) is 0 Å². The lowest BCUT2D eigenvalue weighted by atomic mass is 9.91. The lowest BCUT2D eigenvalue weighted by molar-refractivity contribution is 0.277. The molecular formula is C20H19NO. The number of hydrogen-bond acceptors (Lipinski definition) is 2. The van der Waals surface area contributed by atoms with Gasteiger partial charge in [-0.3, -0.25) is 4.98 Å². The maximum atomic E-state index is 9.70. The van der Waals surface area contributed by atoms with Gasteiger partial charge in [0.1, 0.15) is 0 Å². The van der Waals surface area contributed by atoms with Crippen LogP contribution in [0.2, 0.25) is 0 Å². The zero-order chi connectivity index (χ0) is 15.5. The molecule has 0 spiro atoms. The molecule has 0 saturated carbocycles. The Hall–Kier alpha value is -2.45. The molecule has 2 heteroatoms. The lowest BCUT2D eigenvalue weighted by Crippen LogP contribution is -1.97. The van der Waals surface area contributed by atoms with Crippen molar-refractivity contribution in [2.75, 3.05) is 0 Å². The molecule has 1 aromatic heterocycles. The van der Waals surface area contributed by atoms with Gasteiger partial charge in [-0.2, -0.15) is 0 Å². The van der Waals surface area contributed by atoms with Crippen molar-refractivity contribution in [1.82, 2.24) is 4.98 Å². The second-order valence-corrected chi connectivity index (χ2v) is 5.52. The minimum Gasteiger partial charge on any atom is -0.390 e. The number of aromatic nitrogens is 1. The summed E-state index contributed by atoms with van der Waals surface area (Å²) in [6.45, 7) is 4.15. The first-order chi connectivity index (χ1) is 10.7. The van der Waals surface area contributed by atoms with Crippen molar-refractivity contribution in [3.8, 4) is 22.3 Å². The summed E-state index contributed by atoms with van der Waals surface area (Å²) in [5.41, 5.74) is 7.58. The quantitative estimate of drug-likeness (QED) is 0.768. The third kappa shape index (κ3) is 2.66. The summed E-state index contributed by atoms with van der Waals surface area (Å²) in [7, 11) is 0. The molecule has 0 amide bonds. The first-order valence-electron chi connectivity index (χ1n) is 7.42. The fraction of sp³-hybridized carbons (Fsp3) is 0.150. The van der Waals surface area contributed by atoms with Gasteiger partial charge in [0.05, 0.1) is 12.3 Å². The van der Waals surface area contributed by atoms with Crippen molar-refractivity contribution in [2.45, 2.75) is 20.5 Å². The number of pyridine rings is 1. The van der Waals surface area contributed by atoms with Crippen LogP contribution in [0.5, 0.6) is 0 Å². The van der Waals surface area contributed by atoms with Gasteiger partial charge in [0.15, 0.2) is 0 Å². The number of aryl methyl sites for hydroxylation is 2. The Labute approximate surface area is 131 Å². The topological polar surface area (TPSA) is 33.1 Å². The molecule has 0 aliphatic carbocycles. The van der Waals surface area contributed by atoms with Crippen LogP contribution >= 0.6 is 0 Å². The third-order valence-electron chi connectivity index (χ3n) is 3.91. The van der Waals surface area contributed by atoms with Gasteiger partial charge >= 0.3 is 0 Å². The van der Waals surface area contributed by atoms with Gasteiger partial charge in [-0.15, -0.1) is 0 Å². The molecule has 1 heterocycles. The monoisotopic (exact) mass is 289 g/mol. The molecule has 0 unspecified atom stereocenters. The highest BCUT2D eigenvalue weighted by Crippen LogP contribution is 2.35. The predicted molar refractivity (Wildman–Crippen MR) is 90.5 cm³/mol. The van der Waals surface area contributed by atoms with Gasteiger partial charge in [0.25, 0.3) is 0 Å². The fourth-order valence-corrected chi connectivity index (χ4v) is 2.89. The molecule has 0 aliphatic heterocycles. The second-order valence-electron chi connectivity index (χ2n) is 5.52. The van der Waals surface area contributed by atoms with Gasteiger partial charge in [-0.25, -0.2) is 0 Å². The van der Waals surface area contributed by atoms with Crippen molar-refractivity contribution in [1.29, 1.82) is 0 Å². The van der Waals surface area contributed by atoms with Crippen LogP contribution in [0, 0.1) is 13.8 Å². The van der Waals surface area contributed by atoms with E-state index in [0.717, 1.165) is 16.7 Å². The molecule has 1 N–H and O–H groups in total. The summed E-state index contributed by atoms with van der Waals surface area (Å²) >= 11 is 0. The normalized spacial score (nSPS) is 10.7. The average Bonchev–Trinajstić information content (AvgIpc) is 2.55. The molecule has 0 bridgehead atoms. The molecule has 110 valence electrons. The van der Waals surface area contributed by atoms with E-state index in [1.54, 1.807) is 6.20 Å². The standard InChI is InChI=1S/C20H19NO/c1-14-8-9-17(15(2)12-14)18-10-11-21-19(13-22)20(18)16-6-4-3-5-7-16/h3-12,22H,13H2,1-2H3. The smallest absolute Gasteiger partial charge is 0.0859 e. The summed E-state index contributed by atoms with van der Waals surface area (Å²) in [4.78, 5) is 4.36. The average molecular weight is 289 g/mol. The van der Waals surface area contributed by atoms with Crippen molar-refractivity contribution in [3.05, 3.63) is 77.6 Å². The first-order valence-corrected chi connectivity index (χ1v) is 7.42. The third-order valence-corrected chi connectivity index (χ3v) is 3.91. The summed E-state index contributed by atoms with van der Waals surface area (Å²) in [6.07, 6.45) is 1.77. The van der Waals surface area contributed by atoms with E-state index in [2.05, 4.69) is 49.2 Å². The van der Waals surface area contributed by atoms with Crippen molar-refractivity contribution < 1.29 is 5.11 Å². The minimum absolute atomic E-state index is 0.0665. The van der Waals surface area contributed by atoms with E-state index in [1.165, 1.54) is 16.7 Å². The van der Waals surface area contributed by atoms with Crippen LogP contribution in [-0.2, 0) is 6.61 Å². The number of benzene rings is 2. The van der Waals surface area contributed by atoms with Crippen LogP contribution in [0.4, 0.5) is 0 Å². The first kappa shape index (κ1) is 14.5. The molecule has 0 radical (unpaired) electrons. The van der Waals surface area contributed by atoms with E-state index in [9.17, 15) is 5.11 Å². The number of nitrogens with zero attached hydrogens (tertiary/aromatic N) is 1. The van der Waals surface area contributed by atoms with E-state index >= 15 is 0 Å². The van der Waals surface area contributed by atoms with Crippen LogP contribution in [0.15, 0.2) is 60.8 Å². The van der Waals surface area contributed by atoms with E-state index in [0.29, 0.717) is 5.69 Å². The number of aliphatic hydroxyl groups excluding tert-OH is 1. The zero-order valence-corrected chi connectivity index (χ0v) is 12.9. The van der Waals surface area contributed by atoms with E-state index in [-0.39, 0.29) is 6.61 Å². The highest BCUT2D eigenvalue weighted by molar-refractivity contribution is 5.86. The van der Waals surface area contributed by atoms with Gasteiger partial charge in [-0.05, 0) is 42.2 Å². The van der Waals surface area contributed by atoms with Crippen molar-refractivity contribution in [2.24, 2.45) is 0 Å². The Morgan fingerprint density at radius 2 is 1.68 bits per heavy atom. The molecule has 2 nitrogen and oxygen atoms in total. The van der Waals surface area contributed by atoms with E-state index in [4.69, 9.17) is 0 Å². The van der Waals surface area contributed by atoms with Crippen molar-refractivity contribution >= 4 is 0 Å². The van der Waals surface area contributed by atoms with E-state index < -0.39 is 0 Å². The Kier molecular flexibility index (Phi) is 4.03. The molecule has 2 aromatic carbocycles. The molecular weight excluding hydrogens is 270 g/mol. The molecule has 0 aliphatic rings. The van der Waals surface area contributed by atoms with Crippen LogP contribution in [0.1, 0.15) is 16.8 Å². The second kappa shape index (κ2) is 6.12. The molecule has 3 rings (SSSR count). The van der Waals surface area contributed by atoms with Gasteiger partial charge < -0.3 is 5.11 Å². The molecule has 0 fully saturated rings.